The molecule has 1 fully saturated rings. The summed E-state index contributed by atoms with van der Waals surface area (Å²) < 4.78 is 16.4. The lowest BCUT2D eigenvalue weighted by molar-refractivity contribution is -0.132. The third-order valence-corrected chi connectivity index (χ3v) is 6.24. The van der Waals surface area contributed by atoms with E-state index in [0.717, 1.165) is 0 Å². The zero-order valence-corrected chi connectivity index (χ0v) is 21.6. The summed E-state index contributed by atoms with van der Waals surface area (Å²) in [7, 11) is 3.11. The number of aliphatic hydroxyl groups excluding tert-OH is 1. The van der Waals surface area contributed by atoms with Crippen LogP contribution in [0.1, 0.15) is 36.6 Å². The first kappa shape index (κ1) is 25.8. The van der Waals surface area contributed by atoms with Crippen molar-refractivity contribution in [2.24, 2.45) is 5.92 Å². The second-order valence-electron chi connectivity index (χ2n) is 9.33. The maximum atomic E-state index is 13.4. The normalized spacial score (nSPS) is 16.8. The highest BCUT2D eigenvalue weighted by molar-refractivity contribution is 6.51. The number of Topliss-reactive ketones (excluding diaryl/α,β-unsaturated/α-hetero) is 1. The van der Waals surface area contributed by atoms with E-state index in [1.54, 1.807) is 80.9 Å². The molecule has 7 nitrogen and oxygen atoms in total. The molecular formula is C30H31NO6. The van der Waals surface area contributed by atoms with Crippen molar-refractivity contribution >= 4 is 23.1 Å². The van der Waals surface area contributed by atoms with E-state index >= 15 is 0 Å². The van der Waals surface area contributed by atoms with E-state index in [-0.39, 0.29) is 11.3 Å². The summed E-state index contributed by atoms with van der Waals surface area (Å²) in [6.45, 7) is 6.50. The van der Waals surface area contributed by atoms with Gasteiger partial charge in [-0.25, -0.2) is 0 Å². The van der Waals surface area contributed by atoms with Crippen molar-refractivity contribution in [3.8, 4) is 17.2 Å². The molecule has 1 saturated heterocycles. The highest BCUT2D eigenvalue weighted by Gasteiger charge is 2.47. The molecule has 4 rings (SSSR count). The molecule has 3 aromatic rings. The zero-order valence-electron chi connectivity index (χ0n) is 21.6. The second kappa shape index (κ2) is 10.8. The molecule has 1 aliphatic rings. The van der Waals surface area contributed by atoms with Crippen LogP contribution in [0.3, 0.4) is 0 Å². The van der Waals surface area contributed by atoms with Gasteiger partial charge in [0, 0.05) is 11.3 Å². The Balaban J connectivity index is 1.86. The van der Waals surface area contributed by atoms with E-state index in [9.17, 15) is 14.7 Å². The predicted octanol–water partition coefficient (Wildman–Crippen LogP) is 5.67. The van der Waals surface area contributed by atoms with E-state index in [1.807, 2.05) is 6.92 Å². The quantitative estimate of drug-likeness (QED) is 0.243. The number of methoxy groups -OCH3 is 2. The van der Waals surface area contributed by atoms with Crippen molar-refractivity contribution in [3.63, 3.8) is 0 Å². The number of benzene rings is 3. The highest BCUT2D eigenvalue weighted by Crippen LogP contribution is 2.43. The lowest BCUT2D eigenvalue weighted by atomic mass is 9.93. The predicted molar refractivity (Wildman–Crippen MR) is 142 cm³/mol. The van der Waals surface area contributed by atoms with Crippen molar-refractivity contribution in [2.45, 2.75) is 26.8 Å². The van der Waals surface area contributed by atoms with Crippen molar-refractivity contribution in [2.75, 3.05) is 25.7 Å². The minimum Gasteiger partial charge on any atom is -0.507 e. The minimum absolute atomic E-state index is 0.00616. The Bertz CT molecular complexity index is 1340. The number of carbonyl (C=O) groups excluding carboxylic acids is 2. The fraction of sp³-hybridized carbons (Fsp3) is 0.267. The van der Waals surface area contributed by atoms with Crippen LogP contribution in [0.15, 0.2) is 72.3 Å². The molecule has 7 heteroatoms. The van der Waals surface area contributed by atoms with E-state index in [2.05, 4.69) is 13.8 Å². The van der Waals surface area contributed by atoms with Gasteiger partial charge in [0.15, 0.2) is 0 Å². The SMILES string of the molecule is COc1cccc(C2/C(=C(/O)c3ccc(OC)cc3C)C(=O)C(=O)N2c2ccc(OCC(C)C)cc2)c1. The average Bonchev–Trinajstić information content (AvgIpc) is 3.17. The number of amides is 1. The van der Waals surface area contributed by atoms with Crippen LogP contribution in [0.4, 0.5) is 5.69 Å². The van der Waals surface area contributed by atoms with Gasteiger partial charge < -0.3 is 19.3 Å². The molecule has 0 aliphatic carbocycles. The molecule has 192 valence electrons. The molecule has 1 heterocycles. The summed E-state index contributed by atoms with van der Waals surface area (Å²) >= 11 is 0. The molecule has 1 unspecified atom stereocenters. The van der Waals surface area contributed by atoms with Gasteiger partial charge in [0.25, 0.3) is 11.7 Å². The van der Waals surface area contributed by atoms with Gasteiger partial charge in [-0.15, -0.1) is 0 Å². The first-order chi connectivity index (χ1) is 17.7. The van der Waals surface area contributed by atoms with Crippen molar-refractivity contribution < 1.29 is 28.9 Å². The monoisotopic (exact) mass is 501 g/mol. The third-order valence-electron chi connectivity index (χ3n) is 6.24. The van der Waals surface area contributed by atoms with Gasteiger partial charge in [-0.1, -0.05) is 26.0 Å². The molecule has 1 N–H and O–H groups in total. The Hall–Kier alpha value is -4.26. The summed E-state index contributed by atoms with van der Waals surface area (Å²) in [5, 5.41) is 11.4. The summed E-state index contributed by atoms with van der Waals surface area (Å²) in [6, 6.07) is 18.5. The first-order valence-electron chi connectivity index (χ1n) is 12.1. The number of hydrogen-bond donors (Lipinski definition) is 1. The molecule has 0 radical (unpaired) electrons. The zero-order chi connectivity index (χ0) is 26.7. The Morgan fingerprint density at radius 2 is 1.57 bits per heavy atom. The number of hydrogen-bond acceptors (Lipinski definition) is 6. The van der Waals surface area contributed by atoms with E-state index in [4.69, 9.17) is 14.2 Å². The number of ether oxygens (including phenoxy) is 3. The van der Waals surface area contributed by atoms with Gasteiger partial charge in [-0.05, 0) is 78.6 Å². The summed E-state index contributed by atoms with van der Waals surface area (Å²) in [4.78, 5) is 28.3. The molecule has 0 saturated carbocycles. The summed E-state index contributed by atoms with van der Waals surface area (Å²) in [6.07, 6.45) is 0. The van der Waals surface area contributed by atoms with E-state index in [1.165, 1.54) is 4.90 Å². The number of aryl methyl sites for hydroxylation is 1. The van der Waals surface area contributed by atoms with Crippen LogP contribution in [-0.2, 0) is 9.59 Å². The van der Waals surface area contributed by atoms with Crippen LogP contribution in [0.2, 0.25) is 0 Å². The van der Waals surface area contributed by atoms with E-state index < -0.39 is 17.7 Å². The fourth-order valence-electron chi connectivity index (χ4n) is 4.37. The number of aliphatic hydroxyl groups is 1. The number of anilines is 1. The van der Waals surface area contributed by atoms with Crippen LogP contribution in [-0.4, -0.2) is 37.6 Å². The number of nitrogens with zero attached hydrogens (tertiary/aromatic N) is 1. The number of ketones is 1. The Kier molecular flexibility index (Phi) is 7.53. The smallest absolute Gasteiger partial charge is 0.300 e. The van der Waals surface area contributed by atoms with Crippen LogP contribution >= 0.6 is 0 Å². The second-order valence-corrected chi connectivity index (χ2v) is 9.33. The molecular weight excluding hydrogens is 470 g/mol. The lowest BCUT2D eigenvalue weighted by Crippen LogP contribution is -2.29. The highest BCUT2D eigenvalue weighted by atomic mass is 16.5. The van der Waals surface area contributed by atoms with Gasteiger partial charge in [0.2, 0.25) is 0 Å². The summed E-state index contributed by atoms with van der Waals surface area (Å²) in [5.74, 6) is 0.496. The Labute approximate surface area is 216 Å². The van der Waals surface area contributed by atoms with Gasteiger partial charge in [-0.2, -0.15) is 0 Å². The lowest BCUT2D eigenvalue weighted by Gasteiger charge is -2.26. The standard InChI is InChI=1S/C30H31NO6/c1-18(2)17-37-22-11-9-21(10-12-22)31-27(20-7-6-8-23(16-20)35-4)26(29(33)30(31)34)28(32)25-14-13-24(36-5)15-19(25)3/h6-16,18,27,32H,17H2,1-5H3/b28-26-. The van der Waals surface area contributed by atoms with Gasteiger partial charge >= 0.3 is 0 Å². The average molecular weight is 502 g/mol. The molecule has 0 spiro atoms. The van der Waals surface area contributed by atoms with Crippen LogP contribution in [0, 0.1) is 12.8 Å². The molecule has 37 heavy (non-hydrogen) atoms. The maximum Gasteiger partial charge on any atom is 0.300 e. The summed E-state index contributed by atoms with van der Waals surface area (Å²) in [5.41, 5.74) is 2.30. The van der Waals surface area contributed by atoms with Crippen molar-refractivity contribution in [1.82, 2.24) is 0 Å². The molecule has 1 aliphatic heterocycles. The van der Waals surface area contributed by atoms with Crippen molar-refractivity contribution in [3.05, 3.63) is 89.0 Å². The third kappa shape index (κ3) is 5.16. The minimum atomic E-state index is -0.862. The Morgan fingerprint density at radius 1 is 0.919 bits per heavy atom. The fourth-order valence-corrected chi connectivity index (χ4v) is 4.37. The van der Waals surface area contributed by atoms with Crippen LogP contribution < -0.4 is 19.1 Å². The Morgan fingerprint density at radius 3 is 2.19 bits per heavy atom. The molecule has 3 aromatic carbocycles. The number of rotatable bonds is 8. The molecule has 1 amide bonds. The number of carbonyl (C=O) groups is 2. The topological polar surface area (TPSA) is 85.3 Å². The van der Waals surface area contributed by atoms with Gasteiger partial charge in [0.1, 0.15) is 23.0 Å². The van der Waals surface area contributed by atoms with Crippen molar-refractivity contribution in [1.29, 1.82) is 0 Å². The van der Waals surface area contributed by atoms with Gasteiger partial charge in [-0.3, -0.25) is 14.5 Å². The van der Waals surface area contributed by atoms with Gasteiger partial charge in [0.05, 0.1) is 32.4 Å². The first-order valence-corrected chi connectivity index (χ1v) is 12.1. The largest absolute Gasteiger partial charge is 0.507 e. The van der Waals surface area contributed by atoms with E-state index in [0.29, 0.717) is 52.2 Å². The molecule has 1 atom stereocenters. The molecule has 0 bridgehead atoms. The van der Waals surface area contributed by atoms with Crippen LogP contribution in [0.5, 0.6) is 17.2 Å². The van der Waals surface area contributed by atoms with Crippen LogP contribution in [0.25, 0.3) is 5.76 Å². The molecule has 0 aromatic heterocycles. The maximum absolute atomic E-state index is 13.4.